The maximum Gasteiger partial charge on any atom is 0.255 e. The molecule has 3 fully saturated rings. The monoisotopic (exact) mass is 507 g/mol. The number of H-pyrrole nitrogens is 1. The number of methoxy groups -OCH3 is 1. The number of benzene rings is 1. The molecule has 1 aromatic carbocycles. The average Bonchev–Trinajstić information content (AvgIpc) is 3.58. The van der Waals surface area contributed by atoms with E-state index in [1.807, 2.05) is 36.1 Å². The van der Waals surface area contributed by atoms with E-state index in [1.165, 1.54) is 6.08 Å². The van der Waals surface area contributed by atoms with Gasteiger partial charge in [0.2, 0.25) is 5.91 Å². The molecule has 8 nitrogen and oxygen atoms in total. The van der Waals surface area contributed by atoms with Crippen LogP contribution in [0.1, 0.15) is 40.0 Å². The van der Waals surface area contributed by atoms with Gasteiger partial charge >= 0.3 is 0 Å². The Morgan fingerprint density at radius 2 is 2.18 bits per heavy atom. The molecule has 0 spiro atoms. The van der Waals surface area contributed by atoms with Gasteiger partial charge in [0, 0.05) is 43.2 Å². The molecule has 2 aromatic heterocycles. The molecule has 2 amide bonds. The maximum absolute atomic E-state index is 13.0. The van der Waals surface area contributed by atoms with Crippen LogP contribution in [0.15, 0.2) is 49.3 Å². The molecule has 0 atom stereocenters. The smallest absolute Gasteiger partial charge is 0.255 e. The Hall–Kier alpha value is -4.51. The molecule has 7 rings (SSSR count). The van der Waals surface area contributed by atoms with E-state index in [9.17, 15) is 9.59 Å². The number of amides is 2. The number of nitrogens with zero attached hydrogens (tertiary/aromatic N) is 2. The van der Waals surface area contributed by atoms with E-state index in [-0.39, 0.29) is 11.8 Å². The van der Waals surface area contributed by atoms with E-state index in [1.54, 1.807) is 19.5 Å². The van der Waals surface area contributed by atoms with Crippen molar-refractivity contribution in [2.75, 3.05) is 25.5 Å². The molecule has 0 unspecified atom stereocenters. The Bertz CT molecular complexity index is 1540. The van der Waals surface area contributed by atoms with Crippen LogP contribution in [0.2, 0.25) is 0 Å². The first-order valence-electron chi connectivity index (χ1n) is 12.8. The molecule has 1 aliphatic carbocycles. The topological polar surface area (TPSA) is 99.3 Å². The van der Waals surface area contributed by atoms with E-state index in [0.29, 0.717) is 35.9 Å². The fourth-order valence-electron chi connectivity index (χ4n) is 6.02. The number of anilines is 2. The maximum atomic E-state index is 13.0. The van der Waals surface area contributed by atoms with Gasteiger partial charge in [0.25, 0.3) is 5.91 Å². The van der Waals surface area contributed by atoms with Crippen LogP contribution in [0.5, 0.6) is 5.75 Å². The summed E-state index contributed by atoms with van der Waals surface area (Å²) in [4.78, 5) is 35.2. The van der Waals surface area contributed by atoms with Crippen molar-refractivity contribution in [1.29, 1.82) is 0 Å². The van der Waals surface area contributed by atoms with Crippen LogP contribution in [0.4, 0.5) is 11.4 Å². The molecule has 3 aromatic rings. The fraction of sp³-hybridized carbons (Fsp3) is 0.300. The summed E-state index contributed by atoms with van der Waals surface area (Å²) in [7, 11) is 1.64. The molecule has 3 N–H and O–H groups in total. The van der Waals surface area contributed by atoms with Gasteiger partial charge in [0.1, 0.15) is 11.3 Å². The third kappa shape index (κ3) is 3.74. The fourth-order valence-corrected chi connectivity index (χ4v) is 6.02. The van der Waals surface area contributed by atoms with E-state index < -0.39 is 5.54 Å². The number of aryl methyl sites for hydroxylation is 1. The first-order valence-corrected chi connectivity index (χ1v) is 12.8. The van der Waals surface area contributed by atoms with Crippen molar-refractivity contribution in [2.45, 2.75) is 31.7 Å². The van der Waals surface area contributed by atoms with Crippen molar-refractivity contribution in [3.63, 3.8) is 0 Å². The first-order chi connectivity index (χ1) is 18.4. The van der Waals surface area contributed by atoms with Gasteiger partial charge in [0.05, 0.1) is 35.3 Å². The molecule has 38 heavy (non-hydrogen) atoms. The highest BCUT2D eigenvalue weighted by Crippen LogP contribution is 2.50. The van der Waals surface area contributed by atoms with Gasteiger partial charge in [-0.25, -0.2) is 0 Å². The number of aromatic nitrogens is 2. The number of nitrogens with one attached hydrogen (secondary N) is 3. The van der Waals surface area contributed by atoms with Gasteiger partial charge in [-0.1, -0.05) is 30.6 Å². The summed E-state index contributed by atoms with van der Waals surface area (Å²) in [6, 6.07) is 7.76. The van der Waals surface area contributed by atoms with E-state index in [2.05, 4.69) is 39.0 Å². The predicted molar refractivity (Wildman–Crippen MR) is 145 cm³/mol. The molecule has 3 aliphatic heterocycles. The Morgan fingerprint density at radius 3 is 2.97 bits per heavy atom. The minimum atomic E-state index is -0.450. The number of aromatic amines is 1. The SMILES string of the molecule is C=CC(=O)N1CC2CC1(C#Cc1cnccc1-c1[nH]c3c(c1Nc1cccc(C)c1OC)C(=O)NCC3)C2. The van der Waals surface area contributed by atoms with Gasteiger partial charge in [-0.15, -0.1) is 0 Å². The summed E-state index contributed by atoms with van der Waals surface area (Å²) in [6.07, 6.45) is 7.28. The molecule has 8 heteroatoms. The van der Waals surface area contributed by atoms with Gasteiger partial charge in [-0.3, -0.25) is 14.6 Å². The minimum Gasteiger partial charge on any atom is -0.494 e. The third-order valence-electron chi connectivity index (χ3n) is 7.81. The number of pyridine rings is 1. The number of fused-ring (bicyclic) bond motifs is 2. The predicted octanol–water partition coefficient (Wildman–Crippen LogP) is 3.95. The number of carbonyl (C=O) groups is 2. The molecular weight excluding hydrogens is 478 g/mol. The van der Waals surface area contributed by atoms with E-state index >= 15 is 0 Å². The minimum absolute atomic E-state index is 0.0765. The lowest BCUT2D eigenvalue weighted by molar-refractivity contribution is -0.127. The molecule has 1 saturated carbocycles. The van der Waals surface area contributed by atoms with Crippen molar-refractivity contribution in [1.82, 2.24) is 20.2 Å². The van der Waals surface area contributed by atoms with Gasteiger partial charge in [0.15, 0.2) is 0 Å². The van der Waals surface area contributed by atoms with Gasteiger partial charge in [-0.05, 0) is 49.5 Å². The lowest BCUT2D eigenvalue weighted by Crippen LogP contribution is -2.46. The first kappa shape index (κ1) is 23.9. The zero-order valence-electron chi connectivity index (χ0n) is 21.5. The zero-order chi connectivity index (χ0) is 26.4. The van der Waals surface area contributed by atoms with E-state index in [4.69, 9.17) is 4.74 Å². The largest absolute Gasteiger partial charge is 0.494 e. The van der Waals surface area contributed by atoms with E-state index in [0.717, 1.165) is 53.2 Å². The number of para-hydroxylation sites is 1. The molecule has 2 bridgehead atoms. The number of hydrogen-bond donors (Lipinski definition) is 3. The number of hydrogen-bond acceptors (Lipinski definition) is 5. The summed E-state index contributed by atoms with van der Waals surface area (Å²) >= 11 is 0. The Kier molecular flexibility index (Phi) is 5.72. The number of rotatable bonds is 5. The highest BCUT2D eigenvalue weighted by Gasteiger charge is 2.56. The molecule has 2 saturated heterocycles. The quantitative estimate of drug-likeness (QED) is 0.359. The molecule has 5 heterocycles. The van der Waals surface area contributed by atoms with Gasteiger partial charge in [-0.2, -0.15) is 0 Å². The Morgan fingerprint density at radius 1 is 1.34 bits per heavy atom. The van der Waals surface area contributed by atoms with Crippen molar-refractivity contribution >= 4 is 23.2 Å². The highest BCUT2D eigenvalue weighted by molar-refractivity contribution is 6.06. The van der Waals surface area contributed by atoms with Crippen LogP contribution in [0.25, 0.3) is 11.3 Å². The van der Waals surface area contributed by atoms with Crippen LogP contribution in [-0.2, 0) is 11.2 Å². The van der Waals surface area contributed by atoms with Crippen LogP contribution in [0.3, 0.4) is 0 Å². The van der Waals surface area contributed by atoms with Crippen molar-refractivity contribution in [3.05, 3.63) is 71.7 Å². The summed E-state index contributed by atoms with van der Waals surface area (Å²) in [5.74, 6) is 7.76. The van der Waals surface area contributed by atoms with Crippen LogP contribution in [0, 0.1) is 24.7 Å². The highest BCUT2D eigenvalue weighted by atomic mass is 16.5. The second-order valence-corrected chi connectivity index (χ2v) is 10.1. The van der Waals surface area contributed by atoms with Crippen LogP contribution >= 0.6 is 0 Å². The summed E-state index contributed by atoms with van der Waals surface area (Å²) in [5, 5.41) is 6.45. The molecular formula is C30H29N5O3. The van der Waals surface area contributed by atoms with Gasteiger partial charge < -0.3 is 25.3 Å². The third-order valence-corrected chi connectivity index (χ3v) is 7.81. The molecule has 0 radical (unpaired) electrons. The lowest BCUT2D eigenvalue weighted by atomic mass is 9.73. The Labute approximate surface area is 221 Å². The normalized spacial score (nSPS) is 20.9. The summed E-state index contributed by atoms with van der Waals surface area (Å²) < 4.78 is 5.67. The van der Waals surface area contributed by atoms with Crippen molar-refractivity contribution in [3.8, 4) is 28.8 Å². The number of ether oxygens (including phenoxy) is 1. The average molecular weight is 508 g/mol. The summed E-state index contributed by atoms with van der Waals surface area (Å²) in [6.45, 7) is 6.93. The zero-order valence-corrected chi connectivity index (χ0v) is 21.5. The van der Waals surface area contributed by atoms with Crippen LogP contribution in [-0.4, -0.2) is 52.4 Å². The lowest BCUT2D eigenvalue weighted by Gasteiger charge is -2.37. The Balaban J connectivity index is 1.46. The van der Waals surface area contributed by atoms with Crippen molar-refractivity contribution in [2.24, 2.45) is 5.92 Å². The summed E-state index contributed by atoms with van der Waals surface area (Å²) in [5.41, 5.74) is 5.73. The number of carbonyl (C=O) groups excluding carboxylic acids is 2. The second-order valence-electron chi connectivity index (χ2n) is 10.1. The van der Waals surface area contributed by atoms with Crippen LogP contribution < -0.4 is 15.4 Å². The standard InChI is InChI=1S/C30H29N5O3/c1-4-24(36)35-17-19-14-30(35,15-19)11-8-20-16-31-12-9-21(20)26-27(25-22(33-26)10-13-32-29(25)37)34-23-7-5-6-18(2)28(23)38-3/h4-7,9,12,16,19,33-34H,1,10,13-15,17H2,2-3H3,(H,32,37). The molecule has 192 valence electrons. The van der Waals surface area contributed by atoms with Crippen molar-refractivity contribution < 1.29 is 14.3 Å². The second kappa shape index (κ2) is 9.10. The molecule has 4 aliphatic rings.